The standard InChI is InChI=1S/C14H18N6O/c1-19-6-8-20(9-7-19)12-4-2-11(3-5-12)16-13-10-15-18-14(21)17-13/h2-5,10H,6-9H2,1H3,(H2,16,17,18,21)/p+1. The number of nitrogens with one attached hydrogen (secondary N) is 3. The number of anilines is 3. The van der Waals surface area contributed by atoms with Crippen molar-refractivity contribution in [3.63, 3.8) is 0 Å². The molecule has 110 valence electrons. The van der Waals surface area contributed by atoms with E-state index < -0.39 is 5.69 Å². The van der Waals surface area contributed by atoms with Crippen molar-refractivity contribution in [2.75, 3.05) is 43.4 Å². The smallest absolute Gasteiger partial charge is 0.360 e. The fourth-order valence-electron chi connectivity index (χ4n) is 2.42. The van der Waals surface area contributed by atoms with Crippen LogP contribution in [0.15, 0.2) is 35.3 Å². The van der Waals surface area contributed by atoms with E-state index in [0.717, 1.165) is 18.8 Å². The van der Waals surface area contributed by atoms with Crippen LogP contribution in [0.4, 0.5) is 17.2 Å². The van der Waals surface area contributed by atoms with Crippen molar-refractivity contribution in [1.82, 2.24) is 15.2 Å². The molecule has 7 nitrogen and oxygen atoms in total. The van der Waals surface area contributed by atoms with Gasteiger partial charge in [-0.3, -0.25) is 0 Å². The predicted molar refractivity (Wildman–Crippen MR) is 81.2 cm³/mol. The summed E-state index contributed by atoms with van der Waals surface area (Å²) in [5.74, 6) is 0.440. The second-order valence-electron chi connectivity index (χ2n) is 5.29. The molecule has 2 aromatic rings. The van der Waals surface area contributed by atoms with E-state index in [1.165, 1.54) is 25.0 Å². The Kier molecular flexibility index (Phi) is 3.83. The van der Waals surface area contributed by atoms with Gasteiger partial charge in [-0.25, -0.2) is 9.89 Å². The molecule has 1 fully saturated rings. The maximum Gasteiger partial charge on any atom is 0.363 e. The molecule has 1 saturated heterocycles. The van der Waals surface area contributed by atoms with Crippen LogP contribution < -0.4 is 20.8 Å². The van der Waals surface area contributed by atoms with E-state index in [1.54, 1.807) is 4.90 Å². The lowest BCUT2D eigenvalue weighted by Crippen LogP contribution is -3.12. The number of hydrogen-bond donors (Lipinski definition) is 3. The van der Waals surface area contributed by atoms with E-state index in [9.17, 15) is 4.79 Å². The number of piperazine rings is 1. The van der Waals surface area contributed by atoms with E-state index >= 15 is 0 Å². The first-order valence-corrected chi connectivity index (χ1v) is 7.06. The van der Waals surface area contributed by atoms with E-state index in [2.05, 4.69) is 44.6 Å². The zero-order valence-electron chi connectivity index (χ0n) is 12.0. The molecule has 1 aromatic heterocycles. The van der Waals surface area contributed by atoms with Crippen LogP contribution in [0, 0.1) is 0 Å². The van der Waals surface area contributed by atoms with E-state index in [1.807, 2.05) is 12.1 Å². The van der Waals surface area contributed by atoms with Gasteiger partial charge in [-0.05, 0) is 24.3 Å². The number of aromatic nitrogens is 3. The number of likely N-dealkylation sites (N-methyl/N-ethyl adjacent to an activating group) is 1. The first-order chi connectivity index (χ1) is 10.2. The van der Waals surface area contributed by atoms with Gasteiger partial charge in [-0.1, -0.05) is 0 Å². The molecule has 0 bridgehead atoms. The normalized spacial score (nSPS) is 16.0. The second-order valence-corrected chi connectivity index (χ2v) is 5.29. The molecular weight excluding hydrogens is 268 g/mol. The minimum absolute atomic E-state index is 0.440. The van der Waals surface area contributed by atoms with Gasteiger partial charge in [0, 0.05) is 11.4 Å². The van der Waals surface area contributed by atoms with Crippen molar-refractivity contribution in [1.29, 1.82) is 0 Å². The SMILES string of the molecule is C[NH+]1CCN(c2ccc(Nc3cn[nH]c(=O)n3)cc2)CC1. The molecule has 0 atom stereocenters. The molecule has 2 heterocycles. The summed E-state index contributed by atoms with van der Waals surface area (Å²) in [5.41, 5.74) is 1.65. The summed E-state index contributed by atoms with van der Waals surface area (Å²) in [6.45, 7) is 4.50. The molecule has 21 heavy (non-hydrogen) atoms. The summed E-state index contributed by atoms with van der Waals surface area (Å²) in [5, 5.41) is 9.02. The number of aromatic amines is 1. The Bertz CT molecular complexity index is 645. The second kappa shape index (κ2) is 5.92. The maximum absolute atomic E-state index is 11.1. The lowest BCUT2D eigenvalue weighted by atomic mass is 10.2. The number of hydrogen-bond acceptors (Lipinski definition) is 5. The molecule has 0 spiro atoms. The van der Waals surface area contributed by atoms with Gasteiger partial charge in [0.15, 0.2) is 5.82 Å². The van der Waals surface area contributed by atoms with E-state index in [-0.39, 0.29) is 0 Å². The third kappa shape index (κ3) is 3.38. The van der Waals surface area contributed by atoms with Crippen molar-refractivity contribution in [2.45, 2.75) is 0 Å². The molecule has 3 rings (SSSR count). The highest BCUT2D eigenvalue weighted by molar-refractivity contribution is 5.60. The molecular formula is C14H19N6O+. The van der Waals surface area contributed by atoms with Gasteiger partial charge >= 0.3 is 5.69 Å². The van der Waals surface area contributed by atoms with Gasteiger partial charge in [-0.15, -0.1) is 0 Å². The molecule has 7 heteroatoms. The summed E-state index contributed by atoms with van der Waals surface area (Å²) in [4.78, 5) is 18.9. The number of quaternary nitrogens is 1. The average Bonchev–Trinajstić information content (AvgIpc) is 2.49. The van der Waals surface area contributed by atoms with Gasteiger partial charge < -0.3 is 15.1 Å². The Morgan fingerprint density at radius 2 is 1.95 bits per heavy atom. The molecule has 0 radical (unpaired) electrons. The molecule has 1 aliphatic heterocycles. The number of H-pyrrole nitrogens is 1. The third-order valence-corrected chi connectivity index (χ3v) is 3.69. The van der Waals surface area contributed by atoms with Crippen molar-refractivity contribution in [3.05, 3.63) is 40.9 Å². The van der Waals surface area contributed by atoms with Gasteiger partial charge in [0.25, 0.3) is 0 Å². The van der Waals surface area contributed by atoms with Crippen LogP contribution in [0.25, 0.3) is 0 Å². The van der Waals surface area contributed by atoms with Crippen molar-refractivity contribution in [2.24, 2.45) is 0 Å². The van der Waals surface area contributed by atoms with Crippen LogP contribution in [0.2, 0.25) is 0 Å². The van der Waals surface area contributed by atoms with Crippen LogP contribution in [0.5, 0.6) is 0 Å². The lowest BCUT2D eigenvalue weighted by molar-refractivity contribution is -0.880. The number of benzene rings is 1. The van der Waals surface area contributed by atoms with E-state index in [0.29, 0.717) is 5.82 Å². The third-order valence-electron chi connectivity index (χ3n) is 3.69. The van der Waals surface area contributed by atoms with Crippen molar-refractivity contribution >= 4 is 17.2 Å². The Morgan fingerprint density at radius 1 is 1.24 bits per heavy atom. The minimum atomic E-state index is -0.462. The van der Waals surface area contributed by atoms with Crippen LogP contribution in [0.3, 0.4) is 0 Å². The summed E-state index contributed by atoms with van der Waals surface area (Å²) in [6.07, 6.45) is 1.48. The molecule has 1 aliphatic rings. The summed E-state index contributed by atoms with van der Waals surface area (Å²) >= 11 is 0. The van der Waals surface area contributed by atoms with Gasteiger partial charge in [0.2, 0.25) is 0 Å². The number of rotatable bonds is 3. The Balaban J connectivity index is 1.68. The van der Waals surface area contributed by atoms with Crippen molar-refractivity contribution < 1.29 is 4.90 Å². The Labute approximate surface area is 122 Å². The van der Waals surface area contributed by atoms with Crippen LogP contribution >= 0.6 is 0 Å². The summed E-state index contributed by atoms with van der Waals surface area (Å²) in [6, 6.07) is 8.15. The van der Waals surface area contributed by atoms with Crippen LogP contribution in [-0.4, -0.2) is 48.4 Å². The summed E-state index contributed by atoms with van der Waals surface area (Å²) < 4.78 is 0. The van der Waals surface area contributed by atoms with Crippen LogP contribution in [-0.2, 0) is 0 Å². The zero-order valence-corrected chi connectivity index (χ0v) is 12.0. The highest BCUT2D eigenvalue weighted by atomic mass is 16.1. The fraction of sp³-hybridized carbons (Fsp3) is 0.357. The maximum atomic E-state index is 11.1. The molecule has 0 amide bonds. The Morgan fingerprint density at radius 3 is 2.62 bits per heavy atom. The average molecular weight is 287 g/mol. The summed E-state index contributed by atoms with van der Waals surface area (Å²) in [7, 11) is 2.23. The highest BCUT2D eigenvalue weighted by Crippen LogP contribution is 2.19. The lowest BCUT2D eigenvalue weighted by Gasteiger charge is -2.31. The zero-order chi connectivity index (χ0) is 14.7. The Hall–Kier alpha value is -2.41. The molecule has 0 unspecified atom stereocenters. The first kappa shape index (κ1) is 13.6. The van der Waals surface area contributed by atoms with Gasteiger partial charge in [-0.2, -0.15) is 10.1 Å². The monoisotopic (exact) mass is 287 g/mol. The topological polar surface area (TPSA) is 78.4 Å². The first-order valence-electron chi connectivity index (χ1n) is 7.06. The van der Waals surface area contributed by atoms with Gasteiger partial charge in [0.1, 0.15) is 0 Å². The molecule has 0 saturated carbocycles. The van der Waals surface area contributed by atoms with E-state index in [4.69, 9.17) is 0 Å². The fourth-order valence-corrected chi connectivity index (χ4v) is 2.42. The largest absolute Gasteiger partial charge is 0.363 e. The van der Waals surface area contributed by atoms with Gasteiger partial charge in [0.05, 0.1) is 39.4 Å². The predicted octanol–water partition coefficient (Wildman–Crippen LogP) is -0.757. The highest BCUT2D eigenvalue weighted by Gasteiger charge is 2.16. The molecule has 3 N–H and O–H groups in total. The molecule has 1 aromatic carbocycles. The van der Waals surface area contributed by atoms with Crippen LogP contribution in [0.1, 0.15) is 0 Å². The van der Waals surface area contributed by atoms with Crippen molar-refractivity contribution in [3.8, 4) is 0 Å². The molecule has 0 aliphatic carbocycles. The minimum Gasteiger partial charge on any atom is -0.360 e. The number of nitrogens with zero attached hydrogens (tertiary/aromatic N) is 3. The quantitative estimate of drug-likeness (QED) is 0.692.